The summed E-state index contributed by atoms with van der Waals surface area (Å²) in [5, 5.41) is 0. The molecule has 4 heteroatoms. The number of fused-ring (bicyclic) bond motifs is 4. The third-order valence-corrected chi connectivity index (χ3v) is 6.44. The molecule has 2 aromatic rings. The van der Waals surface area contributed by atoms with E-state index >= 15 is 0 Å². The number of hydrogen-bond donors (Lipinski definition) is 0. The van der Waals surface area contributed by atoms with Gasteiger partial charge in [0.05, 0.1) is 6.10 Å². The third-order valence-electron chi connectivity index (χ3n) is 5.25. The molecule has 2 aliphatic heterocycles. The summed E-state index contributed by atoms with van der Waals surface area (Å²) in [6.07, 6.45) is 5.46. The predicted octanol–water partition coefficient (Wildman–Crippen LogP) is 4.93. The number of hydrogen-bond acceptors (Lipinski definition) is 4. The minimum Gasteiger partial charge on any atom is -0.454 e. The molecule has 3 nitrogen and oxygen atoms in total. The summed E-state index contributed by atoms with van der Waals surface area (Å²) < 4.78 is 17.6. The number of rotatable bonds is 1. The fourth-order valence-corrected chi connectivity index (χ4v) is 5.43. The van der Waals surface area contributed by atoms with Gasteiger partial charge < -0.3 is 14.2 Å². The highest BCUT2D eigenvalue weighted by Gasteiger charge is 2.39. The van der Waals surface area contributed by atoms with E-state index in [1.165, 1.54) is 41.7 Å². The van der Waals surface area contributed by atoms with Gasteiger partial charge in [-0.05, 0) is 49.1 Å². The standard InChI is InChI=1S/C19H20O3S/c1-11-8-14-18(12-6-7-16-17(9-12)21-10-20-16)22-15-5-3-2-4-13(15)19(14)23-11/h6-9,13,15,18H,2-5,10H2,1H3/t13-,15+,18-/m0/s1. The molecule has 3 aliphatic rings. The molecule has 0 unspecified atom stereocenters. The first-order valence-corrected chi connectivity index (χ1v) is 9.26. The van der Waals surface area contributed by atoms with E-state index in [0.717, 1.165) is 11.5 Å². The first kappa shape index (κ1) is 13.9. The van der Waals surface area contributed by atoms with E-state index in [9.17, 15) is 0 Å². The lowest BCUT2D eigenvalue weighted by atomic mass is 9.80. The van der Waals surface area contributed by atoms with E-state index < -0.39 is 0 Å². The molecule has 0 radical (unpaired) electrons. The van der Waals surface area contributed by atoms with E-state index in [4.69, 9.17) is 14.2 Å². The smallest absolute Gasteiger partial charge is 0.231 e. The summed E-state index contributed by atoms with van der Waals surface area (Å²) in [6.45, 7) is 2.52. The molecule has 23 heavy (non-hydrogen) atoms. The van der Waals surface area contributed by atoms with Crippen LogP contribution in [0.1, 0.15) is 58.6 Å². The van der Waals surface area contributed by atoms with Crippen LogP contribution in [-0.2, 0) is 4.74 Å². The Bertz CT molecular complexity index is 751. The molecule has 1 aliphatic carbocycles. The van der Waals surface area contributed by atoms with Gasteiger partial charge in [0.1, 0.15) is 6.10 Å². The monoisotopic (exact) mass is 328 g/mol. The maximum absolute atomic E-state index is 6.59. The van der Waals surface area contributed by atoms with E-state index in [2.05, 4.69) is 25.1 Å². The molecule has 0 amide bonds. The van der Waals surface area contributed by atoms with E-state index in [-0.39, 0.29) is 6.10 Å². The molecule has 120 valence electrons. The Morgan fingerprint density at radius 3 is 2.87 bits per heavy atom. The lowest BCUT2D eigenvalue weighted by molar-refractivity contribution is -0.0374. The Morgan fingerprint density at radius 1 is 1.04 bits per heavy atom. The Hall–Kier alpha value is -1.52. The van der Waals surface area contributed by atoms with Crippen LogP contribution in [0.25, 0.3) is 0 Å². The van der Waals surface area contributed by atoms with Crippen molar-refractivity contribution in [1.29, 1.82) is 0 Å². The van der Waals surface area contributed by atoms with E-state index in [1.807, 2.05) is 17.4 Å². The Labute approximate surface area is 140 Å². The summed E-state index contributed by atoms with van der Waals surface area (Å²) in [6, 6.07) is 8.54. The molecule has 3 atom stereocenters. The minimum atomic E-state index is 0.0313. The van der Waals surface area contributed by atoms with Gasteiger partial charge in [-0.15, -0.1) is 11.3 Å². The van der Waals surface area contributed by atoms with Crippen LogP contribution in [0.15, 0.2) is 24.3 Å². The van der Waals surface area contributed by atoms with Gasteiger partial charge in [-0.25, -0.2) is 0 Å². The molecule has 3 heterocycles. The largest absolute Gasteiger partial charge is 0.454 e. The second kappa shape index (κ2) is 5.25. The average molecular weight is 328 g/mol. The van der Waals surface area contributed by atoms with Crippen molar-refractivity contribution in [2.45, 2.75) is 50.7 Å². The van der Waals surface area contributed by atoms with E-state index in [0.29, 0.717) is 18.8 Å². The van der Waals surface area contributed by atoms with Crippen LogP contribution in [-0.4, -0.2) is 12.9 Å². The molecule has 1 fully saturated rings. The molecule has 0 spiro atoms. The van der Waals surface area contributed by atoms with Crippen LogP contribution in [0.3, 0.4) is 0 Å². The van der Waals surface area contributed by atoms with Gasteiger partial charge in [0, 0.05) is 15.7 Å². The topological polar surface area (TPSA) is 27.7 Å². The van der Waals surface area contributed by atoms with E-state index in [1.54, 1.807) is 4.88 Å². The quantitative estimate of drug-likeness (QED) is 0.743. The molecule has 1 saturated carbocycles. The summed E-state index contributed by atoms with van der Waals surface area (Å²) in [5.74, 6) is 2.27. The van der Waals surface area contributed by atoms with Crippen LogP contribution >= 0.6 is 11.3 Å². The molecule has 0 bridgehead atoms. The van der Waals surface area contributed by atoms with Crippen molar-refractivity contribution in [1.82, 2.24) is 0 Å². The van der Waals surface area contributed by atoms with Crippen LogP contribution in [0.2, 0.25) is 0 Å². The van der Waals surface area contributed by atoms with Gasteiger partial charge in [-0.3, -0.25) is 0 Å². The van der Waals surface area contributed by atoms with Crippen LogP contribution < -0.4 is 9.47 Å². The van der Waals surface area contributed by atoms with Gasteiger partial charge in [0.2, 0.25) is 6.79 Å². The SMILES string of the molecule is Cc1cc2c(s1)[C@H]1CCCC[C@H]1O[C@H]2c1ccc2c(c1)OCO2. The maximum atomic E-state index is 6.59. The molecule has 0 saturated heterocycles. The Morgan fingerprint density at radius 2 is 1.91 bits per heavy atom. The highest BCUT2D eigenvalue weighted by atomic mass is 32.1. The van der Waals surface area contributed by atoms with Crippen molar-refractivity contribution in [2.24, 2.45) is 0 Å². The second-order valence-electron chi connectivity index (χ2n) is 6.73. The van der Waals surface area contributed by atoms with Crippen molar-refractivity contribution >= 4 is 11.3 Å². The van der Waals surface area contributed by atoms with Crippen molar-refractivity contribution < 1.29 is 14.2 Å². The average Bonchev–Trinajstić information content (AvgIpc) is 3.19. The fourth-order valence-electron chi connectivity index (χ4n) is 4.19. The molecule has 1 aromatic carbocycles. The number of aryl methyl sites for hydroxylation is 1. The number of benzene rings is 1. The lowest BCUT2D eigenvalue weighted by Gasteiger charge is -2.39. The summed E-state index contributed by atoms with van der Waals surface area (Å²) in [4.78, 5) is 2.94. The minimum absolute atomic E-state index is 0.0313. The first-order chi connectivity index (χ1) is 11.3. The Balaban J connectivity index is 1.59. The van der Waals surface area contributed by atoms with Gasteiger partial charge in [-0.1, -0.05) is 18.9 Å². The van der Waals surface area contributed by atoms with Crippen molar-refractivity contribution in [3.63, 3.8) is 0 Å². The van der Waals surface area contributed by atoms with Gasteiger partial charge in [0.25, 0.3) is 0 Å². The predicted molar refractivity (Wildman–Crippen MR) is 89.5 cm³/mol. The highest BCUT2D eigenvalue weighted by molar-refractivity contribution is 7.12. The summed E-state index contributed by atoms with van der Waals surface area (Å²) in [5.41, 5.74) is 2.55. The third kappa shape index (κ3) is 2.19. The summed E-state index contributed by atoms with van der Waals surface area (Å²) in [7, 11) is 0. The fraction of sp³-hybridized carbons (Fsp3) is 0.474. The zero-order valence-corrected chi connectivity index (χ0v) is 14.0. The molecular formula is C19H20O3S. The van der Waals surface area contributed by atoms with Crippen LogP contribution in [0.5, 0.6) is 11.5 Å². The van der Waals surface area contributed by atoms with Gasteiger partial charge in [0.15, 0.2) is 11.5 Å². The zero-order chi connectivity index (χ0) is 15.4. The van der Waals surface area contributed by atoms with Crippen LogP contribution in [0, 0.1) is 6.92 Å². The Kier molecular flexibility index (Phi) is 3.17. The zero-order valence-electron chi connectivity index (χ0n) is 13.2. The normalized spacial score (nSPS) is 28.3. The van der Waals surface area contributed by atoms with Crippen molar-refractivity contribution in [3.8, 4) is 11.5 Å². The summed E-state index contributed by atoms with van der Waals surface area (Å²) >= 11 is 1.96. The molecule has 1 aromatic heterocycles. The maximum Gasteiger partial charge on any atom is 0.231 e. The van der Waals surface area contributed by atoms with Crippen molar-refractivity contribution in [2.75, 3.05) is 6.79 Å². The van der Waals surface area contributed by atoms with Crippen LogP contribution in [0.4, 0.5) is 0 Å². The number of ether oxygens (including phenoxy) is 3. The molecular weight excluding hydrogens is 308 g/mol. The van der Waals surface area contributed by atoms with Gasteiger partial charge >= 0.3 is 0 Å². The van der Waals surface area contributed by atoms with Crippen molar-refractivity contribution in [3.05, 3.63) is 45.1 Å². The molecule has 5 rings (SSSR count). The first-order valence-electron chi connectivity index (χ1n) is 8.45. The lowest BCUT2D eigenvalue weighted by Crippen LogP contribution is -2.32. The second-order valence-corrected chi connectivity index (χ2v) is 8.02. The number of thiophene rings is 1. The molecule has 0 N–H and O–H groups in total. The van der Waals surface area contributed by atoms with Gasteiger partial charge in [-0.2, -0.15) is 0 Å². The highest BCUT2D eigenvalue weighted by Crippen LogP contribution is 2.50.